The topological polar surface area (TPSA) is 55.4 Å². The van der Waals surface area contributed by atoms with E-state index < -0.39 is 15.8 Å². The highest BCUT2D eigenvalue weighted by atomic mass is 32.2. The maximum atomic E-state index is 12.9. The number of nitrogens with one attached hydrogen (secondary N) is 1. The second-order valence-electron chi connectivity index (χ2n) is 6.48. The van der Waals surface area contributed by atoms with Crippen LogP contribution in [0.5, 0.6) is 5.75 Å². The lowest BCUT2D eigenvalue weighted by Gasteiger charge is -2.19. The molecule has 0 unspecified atom stereocenters. The lowest BCUT2D eigenvalue weighted by atomic mass is 9.87. The van der Waals surface area contributed by atoms with Gasteiger partial charge in [-0.3, -0.25) is 0 Å². The highest BCUT2D eigenvalue weighted by Crippen LogP contribution is 2.25. The highest BCUT2D eigenvalue weighted by Gasteiger charge is 2.15. The number of ether oxygens (including phenoxy) is 1. The van der Waals surface area contributed by atoms with Crippen molar-refractivity contribution in [1.82, 2.24) is 4.72 Å². The van der Waals surface area contributed by atoms with E-state index in [9.17, 15) is 12.8 Å². The van der Waals surface area contributed by atoms with Gasteiger partial charge in [0.25, 0.3) is 0 Å². The van der Waals surface area contributed by atoms with E-state index in [2.05, 4.69) is 25.5 Å². The Morgan fingerprint density at radius 2 is 1.75 bits per heavy atom. The van der Waals surface area contributed by atoms with Gasteiger partial charge in [0, 0.05) is 6.54 Å². The summed E-state index contributed by atoms with van der Waals surface area (Å²) < 4.78 is 45.0. The van der Waals surface area contributed by atoms with Gasteiger partial charge >= 0.3 is 0 Å². The molecule has 0 atom stereocenters. The molecule has 0 fully saturated rings. The van der Waals surface area contributed by atoms with E-state index in [1.54, 1.807) is 0 Å². The third-order valence-electron chi connectivity index (χ3n) is 3.49. The third-order valence-corrected chi connectivity index (χ3v) is 4.96. The first-order valence-electron chi connectivity index (χ1n) is 7.67. The molecule has 0 aliphatic heterocycles. The summed E-state index contributed by atoms with van der Waals surface area (Å²) in [6.45, 7) is 6.67. The van der Waals surface area contributed by atoms with Crippen LogP contribution in [0.15, 0.2) is 53.4 Å². The SMILES string of the molecule is CC(C)(C)c1cccc(OCCNS(=O)(=O)c2ccc(F)cc2)c1. The Kier molecular flexibility index (Phi) is 5.62. The molecule has 0 heterocycles. The van der Waals surface area contributed by atoms with Crippen molar-refractivity contribution in [3.63, 3.8) is 0 Å². The molecule has 0 spiro atoms. The minimum atomic E-state index is -3.66. The van der Waals surface area contributed by atoms with Crippen LogP contribution in [0, 0.1) is 5.82 Å². The van der Waals surface area contributed by atoms with Gasteiger partial charge in [0.15, 0.2) is 0 Å². The number of halogens is 1. The largest absolute Gasteiger partial charge is 0.492 e. The molecule has 0 aromatic heterocycles. The minimum absolute atomic E-state index is 0.0174. The predicted molar refractivity (Wildman–Crippen MR) is 92.2 cm³/mol. The highest BCUT2D eigenvalue weighted by molar-refractivity contribution is 7.89. The average molecular weight is 351 g/mol. The normalized spacial score (nSPS) is 12.2. The van der Waals surface area contributed by atoms with E-state index in [1.807, 2.05) is 24.3 Å². The average Bonchev–Trinajstić information content (AvgIpc) is 2.51. The molecule has 2 rings (SSSR count). The second kappa shape index (κ2) is 7.32. The van der Waals surface area contributed by atoms with Crippen LogP contribution in [-0.2, 0) is 15.4 Å². The molecule has 130 valence electrons. The number of hydrogen-bond acceptors (Lipinski definition) is 3. The zero-order valence-corrected chi connectivity index (χ0v) is 14.9. The van der Waals surface area contributed by atoms with E-state index in [4.69, 9.17) is 4.74 Å². The summed E-state index contributed by atoms with van der Waals surface area (Å²) in [6.07, 6.45) is 0. The van der Waals surface area contributed by atoms with Crippen molar-refractivity contribution in [2.75, 3.05) is 13.2 Å². The standard InChI is InChI=1S/C18H22FNO3S/c1-18(2,3)14-5-4-6-16(13-14)23-12-11-20-24(21,22)17-9-7-15(19)8-10-17/h4-10,13,20H,11-12H2,1-3H3. The van der Waals surface area contributed by atoms with Gasteiger partial charge in [0.2, 0.25) is 10.0 Å². The number of benzene rings is 2. The Morgan fingerprint density at radius 1 is 1.08 bits per heavy atom. The number of sulfonamides is 1. The van der Waals surface area contributed by atoms with Crippen molar-refractivity contribution in [1.29, 1.82) is 0 Å². The number of rotatable bonds is 6. The molecule has 2 aromatic rings. The summed E-state index contributed by atoms with van der Waals surface area (Å²) in [5.74, 6) is 0.222. The van der Waals surface area contributed by atoms with Gasteiger partial charge in [-0.15, -0.1) is 0 Å². The monoisotopic (exact) mass is 351 g/mol. The second-order valence-corrected chi connectivity index (χ2v) is 8.24. The van der Waals surface area contributed by atoms with E-state index in [1.165, 1.54) is 12.1 Å². The van der Waals surface area contributed by atoms with E-state index >= 15 is 0 Å². The molecule has 0 saturated carbocycles. The molecule has 0 aliphatic rings. The summed E-state index contributed by atoms with van der Waals surface area (Å²) in [6, 6.07) is 12.4. The summed E-state index contributed by atoms with van der Waals surface area (Å²) in [7, 11) is -3.66. The van der Waals surface area contributed by atoms with Crippen LogP contribution in [0.3, 0.4) is 0 Å². The van der Waals surface area contributed by atoms with Crippen LogP contribution in [0.4, 0.5) is 4.39 Å². The van der Waals surface area contributed by atoms with E-state index in [-0.39, 0.29) is 23.5 Å². The first kappa shape index (κ1) is 18.4. The minimum Gasteiger partial charge on any atom is -0.492 e. The Morgan fingerprint density at radius 3 is 2.38 bits per heavy atom. The molecular weight excluding hydrogens is 329 g/mol. The van der Waals surface area contributed by atoms with Crippen molar-refractivity contribution < 1.29 is 17.5 Å². The van der Waals surface area contributed by atoms with Gasteiger partial charge in [-0.2, -0.15) is 0 Å². The zero-order chi connectivity index (χ0) is 17.8. The molecule has 1 N–H and O–H groups in total. The lowest BCUT2D eigenvalue weighted by molar-refractivity contribution is 0.322. The molecule has 0 aliphatic carbocycles. The summed E-state index contributed by atoms with van der Waals surface area (Å²) >= 11 is 0. The molecular formula is C18H22FNO3S. The maximum Gasteiger partial charge on any atom is 0.240 e. The molecule has 2 aromatic carbocycles. The van der Waals surface area contributed by atoms with Crippen molar-refractivity contribution in [2.24, 2.45) is 0 Å². The molecule has 0 saturated heterocycles. The molecule has 6 heteroatoms. The maximum absolute atomic E-state index is 12.9. The van der Waals surface area contributed by atoms with Crippen LogP contribution in [-0.4, -0.2) is 21.6 Å². The third kappa shape index (κ3) is 5.04. The fourth-order valence-electron chi connectivity index (χ4n) is 2.09. The van der Waals surface area contributed by atoms with Gasteiger partial charge in [-0.05, 0) is 47.4 Å². The smallest absolute Gasteiger partial charge is 0.240 e. The Labute approximate surface area is 142 Å². The van der Waals surface area contributed by atoms with Crippen molar-refractivity contribution >= 4 is 10.0 Å². The molecule has 0 radical (unpaired) electrons. The van der Waals surface area contributed by atoms with Gasteiger partial charge in [0.05, 0.1) is 4.90 Å². The Bertz CT molecular complexity index is 781. The molecule has 4 nitrogen and oxygen atoms in total. The lowest BCUT2D eigenvalue weighted by Crippen LogP contribution is -2.28. The quantitative estimate of drug-likeness (QED) is 0.811. The van der Waals surface area contributed by atoms with E-state index in [0.29, 0.717) is 5.75 Å². The van der Waals surface area contributed by atoms with Crippen LogP contribution in [0.2, 0.25) is 0 Å². The Balaban J connectivity index is 1.90. The van der Waals surface area contributed by atoms with Crippen LogP contribution in [0.1, 0.15) is 26.3 Å². The fraction of sp³-hybridized carbons (Fsp3) is 0.333. The zero-order valence-electron chi connectivity index (χ0n) is 14.0. The first-order valence-corrected chi connectivity index (χ1v) is 9.15. The Hall–Kier alpha value is -1.92. The van der Waals surface area contributed by atoms with Crippen molar-refractivity contribution in [3.05, 3.63) is 59.9 Å². The van der Waals surface area contributed by atoms with Gasteiger partial charge in [-0.25, -0.2) is 17.5 Å². The van der Waals surface area contributed by atoms with Crippen LogP contribution >= 0.6 is 0 Å². The first-order chi connectivity index (χ1) is 11.2. The number of hydrogen-bond donors (Lipinski definition) is 1. The molecule has 0 bridgehead atoms. The summed E-state index contributed by atoms with van der Waals surface area (Å²) in [4.78, 5) is 0.0265. The van der Waals surface area contributed by atoms with Crippen molar-refractivity contribution in [3.8, 4) is 5.75 Å². The van der Waals surface area contributed by atoms with E-state index in [0.717, 1.165) is 17.7 Å². The fourth-order valence-corrected chi connectivity index (χ4v) is 3.11. The predicted octanol–water partition coefficient (Wildman–Crippen LogP) is 3.48. The van der Waals surface area contributed by atoms with Gasteiger partial charge in [-0.1, -0.05) is 32.9 Å². The van der Waals surface area contributed by atoms with Gasteiger partial charge < -0.3 is 4.74 Å². The van der Waals surface area contributed by atoms with Crippen LogP contribution < -0.4 is 9.46 Å². The van der Waals surface area contributed by atoms with Crippen molar-refractivity contribution in [2.45, 2.75) is 31.1 Å². The summed E-state index contributed by atoms with van der Waals surface area (Å²) in [5.41, 5.74) is 1.16. The van der Waals surface area contributed by atoms with Crippen LogP contribution in [0.25, 0.3) is 0 Å². The molecule has 24 heavy (non-hydrogen) atoms. The molecule has 0 amide bonds. The van der Waals surface area contributed by atoms with Gasteiger partial charge in [0.1, 0.15) is 18.2 Å². The summed E-state index contributed by atoms with van der Waals surface area (Å²) in [5, 5.41) is 0.